The van der Waals surface area contributed by atoms with Crippen LogP contribution in [0.4, 0.5) is 0 Å². The largest absolute Gasteiger partial charge is 0.481 e. The molecule has 110 valence electrons. The van der Waals surface area contributed by atoms with Gasteiger partial charge in [0.1, 0.15) is 5.56 Å². The number of aromatic amines is 2. The molecule has 8 nitrogen and oxygen atoms in total. The molecule has 1 heterocycles. The average molecular weight is 283 g/mol. The summed E-state index contributed by atoms with van der Waals surface area (Å²) >= 11 is 0. The zero-order valence-electron chi connectivity index (χ0n) is 10.9. The van der Waals surface area contributed by atoms with Crippen molar-refractivity contribution in [2.75, 3.05) is 6.54 Å². The van der Waals surface area contributed by atoms with Crippen LogP contribution in [-0.4, -0.2) is 33.5 Å². The highest BCUT2D eigenvalue weighted by atomic mass is 16.4. The highest BCUT2D eigenvalue weighted by Gasteiger charge is 2.09. The molecular weight excluding hydrogens is 266 g/mol. The number of H-pyrrole nitrogens is 2. The molecule has 0 aliphatic heterocycles. The summed E-state index contributed by atoms with van der Waals surface area (Å²) in [6.07, 6.45) is 4.12. The van der Waals surface area contributed by atoms with Crippen LogP contribution in [0.1, 0.15) is 42.5 Å². The van der Waals surface area contributed by atoms with Crippen molar-refractivity contribution in [3.05, 3.63) is 32.6 Å². The quantitative estimate of drug-likeness (QED) is 0.492. The van der Waals surface area contributed by atoms with Crippen molar-refractivity contribution in [2.24, 2.45) is 0 Å². The number of hydrogen-bond acceptors (Lipinski definition) is 4. The first-order chi connectivity index (χ1) is 9.50. The van der Waals surface area contributed by atoms with Gasteiger partial charge < -0.3 is 15.4 Å². The Hall–Kier alpha value is -2.38. The highest BCUT2D eigenvalue weighted by Crippen LogP contribution is 2.02. The van der Waals surface area contributed by atoms with Crippen LogP contribution in [0.2, 0.25) is 0 Å². The predicted molar refractivity (Wildman–Crippen MR) is 70.7 cm³/mol. The molecule has 0 saturated carbocycles. The van der Waals surface area contributed by atoms with Crippen LogP contribution < -0.4 is 16.6 Å². The minimum absolute atomic E-state index is 0.143. The van der Waals surface area contributed by atoms with Gasteiger partial charge in [0.15, 0.2) is 0 Å². The molecule has 0 aromatic carbocycles. The summed E-state index contributed by atoms with van der Waals surface area (Å²) in [6, 6.07) is 0. The summed E-state index contributed by atoms with van der Waals surface area (Å²) in [5.74, 6) is -1.36. The second-order valence-electron chi connectivity index (χ2n) is 4.30. The average Bonchev–Trinajstić information content (AvgIpc) is 2.37. The molecule has 4 N–H and O–H groups in total. The van der Waals surface area contributed by atoms with Gasteiger partial charge >= 0.3 is 11.7 Å². The molecule has 20 heavy (non-hydrogen) atoms. The standard InChI is InChI=1S/C12H17N3O5/c16-9(17)5-3-1-2-4-6-13-10(18)8-7-14-12(20)15-11(8)19/h7H,1-6H2,(H,13,18)(H,16,17)(H2,14,15,19,20). The third-order valence-electron chi connectivity index (χ3n) is 2.67. The maximum Gasteiger partial charge on any atom is 0.325 e. The molecule has 1 aromatic rings. The first-order valence-corrected chi connectivity index (χ1v) is 6.32. The van der Waals surface area contributed by atoms with Gasteiger partial charge in [0.2, 0.25) is 0 Å². The second kappa shape index (κ2) is 7.93. The lowest BCUT2D eigenvalue weighted by Gasteiger charge is -2.04. The maximum absolute atomic E-state index is 11.6. The Bertz CT molecular complexity index is 575. The van der Waals surface area contributed by atoms with Crippen LogP contribution in [0.15, 0.2) is 15.8 Å². The van der Waals surface area contributed by atoms with E-state index in [1.54, 1.807) is 0 Å². The van der Waals surface area contributed by atoms with E-state index in [1.165, 1.54) is 0 Å². The van der Waals surface area contributed by atoms with Crippen LogP contribution in [0.5, 0.6) is 0 Å². The van der Waals surface area contributed by atoms with Crippen LogP contribution in [0.3, 0.4) is 0 Å². The smallest absolute Gasteiger partial charge is 0.325 e. The number of hydrogen-bond donors (Lipinski definition) is 4. The number of unbranched alkanes of at least 4 members (excludes halogenated alkanes) is 3. The highest BCUT2D eigenvalue weighted by molar-refractivity contribution is 5.93. The molecule has 0 unspecified atom stereocenters. The molecule has 8 heteroatoms. The Labute approximate surface area is 114 Å². The second-order valence-corrected chi connectivity index (χ2v) is 4.30. The van der Waals surface area contributed by atoms with E-state index in [2.05, 4.69) is 10.3 Å². The number of rotatable bonds is 8. The molecule has 0 aliphatic carbocycles. The summed E-state index contributed by atoms with van der Waals surface area (Å²) in [6.45, 7) is 0.393. The zero-order valence-corrected chi connectivity index (χ0v) is 10.9. The minimum Gasteiger partial charge on any atom is -0.481 e. The van der Waals surface area contributed by atoms with Gasteiger partial charge in [0.05, 0.1) is 0 Å². The molecule has 0 spiro atoms. The number of carbonyl (C=O) groups is 2. The van der Waals surface area contributed by atoms with Gasteiger partial charge in [-0.3, -0.25) is 19.4 Å². The van der Waals surface area contributed by atoms with Crippen molar-refractivity contribution < 1.29 is 14.7 Å². The van der Waals surface area contributed by atoms with E-state index < -0.39 is 23.1 Å². The summed E-state index contributed by atoms with van der Waals surface area (Å²) in [7, 11) is 0. The van der Waals surface area contributed by atoms with E-state index in [9.17, 15) is 19.2 Å². The summed E-state index contributed by atoms with van der Waals surface area (Å²) < 4.78 is 0. The van der Waals surface area contributed by atoms with E-state index >= 15 is 0 Å². The molecule has 0 bridgehead atoms. The van der Waals surface area contributed by atoms with Gasteiger partial charge in [-0.1, -0.05) is 12.8 Å². The van der Waals surface area contributed by atoms with Gasteiger partial charge in [0.25, 0.3) is 11.5 Å². The lowest BCUT2D eigenvalue weighted by molar-refractivity contribution is -0.137. The van der Waals surface area contributed by atoms with Crippen molar-refractivity contribution in [1.82, 2.24) is 15.3 Å². The normalized spacial score (nSPS) is 10.2. The SMILES string of the molecule is O=C(O)CCCCCCNC(=O)c1c[nH]c(=O)[nH]c1=O. The fourth-order valence-electron chi connectivity index (χ4n) is 1.63. The topological polar surface area (TPSA) is 132 Å². The van der Waals surface area contributed by atoms with Crippen LogP contribution in [-0.2, 0) is 4.79 Å². The van der Waals surface area contributed by atoms with Gasteiger partial charge in [0, 0.05) is 19.2 Å². The van der Waals surface area contributed by atoms with Crippen molar-refractivity contribution in [3.63, 3.8) is 0 Å². The predicted octanol–water partition coefficient (Wildman–Crippen LogP) is -0.172. The number of carboxylic acids is 1. The number of aliphatic carboxylic acids is 1. The number of carbonyl (C=O) groups excluding carboxylic acids is 1. The zero-order chi connectivity index (χ0) is 15.0. The maximum atomic E-state index is 11.6. The van der Waals surface area contributed by atoms with Crippen molar-refractivity contribution >= 4 is 11.9 Å². The summed E-state index contributed by atoms with van der Waals surface area (Å²) in [5, 5.41) is 11.0. The van der Waals surface area contributed by atoms with Gasteiger partial charge in [-0.2, -0.15) is 0 Å². The lowest BCUT2D eigenvalue weighted by atomic mass is 10.1. The molecule has 0 atom stereocenters. The molecule has 0 aliphatic rings. The Morgan fingerprint density at radius 3 is 2.50 bits per heavy atom. The van der Waals surface area contributed by atoms with Crippen molar-refractivity contribution in [3.8, 4) is 0 Å². The van der Waals surface area contributed by atoms with Gasteiger partial charge in [-0.15, -0.1) is 0 Å². The summed E-state index contributed by atoms with van der Waals surface area (Å²) in [5.41, 5.74) is -1.53. The van der Waals surface area contributed by atoms with Crippen LogP contribution >= 0.6 is 0 Å². The van der Waals surface area contributed by atoms with Crippen LogP contribution in [0, 0.1) is 0 Å². The first-order valence-electron chi connectivity index (χ1n) is 6.32. The molecule has 1 rings (SSSR count). The van der Waals surface area contributed by atoms with E-state index in [-0.39, 0.29) is 12.0 Å². The lowest BCUT2D eigenvalue weighted by Crippen LogP contribution is -2.33. The van der Waals surface area contributed by atoms with E-state index in [4.69, 9.17) is 5.11 Å². The third-order valence-corrected chi connectivity index (χ3v) is 2.67. The number of carboxylic acid groups (broad SMARTS) is 1. The van der Waals surface area contributed by atoms with Gasteiger partial charge in [-0.25, -0.2) is 4.79 Å². The number of aromatic nitrogens is 2. The molecular formula is C12H17N3O5. The Morgan fingerprint density at radius 1 is 1.15 bits per heavy atom. The Balaban J connectivity index is 2.25. The van der Waals surface area contributed by atoms with E-state index in [1.807, 2.05) is 4.98 Å². The monoisotopic (exact) mass is 283 g/mol. The van der Waals surface area contributed by atoms with Crippen molar-refractivity contribution in [2.45, 2.75) is 32.1 Å². The van der Waals surface area contributed by atoms with Crippen LogP contribution in [0.25, 0.3) is 0 Å². The molecule has 0 saturated heterocycles. The summed E-state index contributed by atoms with van der Waals surface area (Å²) in [4.78, 5) is 48.2. The van der Waals surface area contributed by atoms with Gasteiger partial charge in [-0.05, 0) is 12.8 Å². The third kappa shape index (κ3) is 5.51. The Morgan fingerprint density at radius 2 is 1.85 bits per heavy atom. The van der Waals surface area contributed by atoms with E-state index in [0.717, 1.165) is 19.0 Å². The molecule has 0 radical (unpaired) electrons. The first kappa shape index (κ1) is 15.7. The Kier molecular flexibility index (Phi) is 6.21. The molecule has 1 amide bonds. The fraction of sp³-hybridized carbons (Fsp3) is 0.500. The number of nitrogens with one attached hydrogen (secondary N) is 3. The minimum atomic E-state index is -0.810. The van der Waals surface area contributed by atoms with Crippen molar-refractivity contribution in [1.29, 1.82) is 0 Å². The molecule has 0 fully saturated rings. The van der Waals surface area contributed by atoms with E-state index in [0.29, 0.717) is 19.4 Å². The fourth-order valence-corrected chi connectivity index (χ4v) is 1.63. The molecule has 1 aromatic heterocycles. The number of amides is 1.